The van der Waals surface area contributed by atoms with Gasteiger partial charge in [0.25, 0.3) is 10.2 Å². The topological polar surface area (TPSA) is 75.4 Å². The summed E-state index contributed by atoms with van der Waals surface area (Å²) in [6.07, 6.45) is -4.17. The number of hydrogen-bond acceptors (Lipinski definition) is 3. The molecule has 0 aromatic heterocycles. The van der Waals surface area contributed by atoms with E-state index in [4.69, 9.17) is 5.73 Å². The minimum absolute atomic E-state index is 0.0986. The van der Waals surface area contributed by atoms with Crippen LogP contribution in [-0.4, -0.2) is 44.6 Å². The van der Waals surface area contributed by atoms with Crippen molar-refractivity contribution in [2.75, 3.05) is 19.6 Å². The number of rotatable bonds is 7. The van der Waals surface area contributed by atoms with Gasteiger partial charge in [-0.3, -0.25) is 0 Å². The highest BCUT2D eigenvalue weighted by atomic mass is 32.2. The zero-order valence-corrected chi connectivity index (χ0v) is 10.6. The van der Waals surface area contributed by atoms with E-state index in [1.807, 2.05) is 0 Å². The van der Waals surface area contributed by atoms with Crippen LogP contribution in [0.15, 0.2) is 0 Å². The molecule has 0 aromatic carbocycles. The quantitative estimate of drug-likeness (QED) is 0.709. The Labute approximate surface area is 99.3 Å². The minimum Gasteiger partial charge on any atom is -0.330 e. The Morgan fingerprint density at radius 2 is 1.88 bits per heavy atom. The summed E-state index contributed by atoms with van der Waals surface area (Å²) in [5, 5.41) is 0. The second kappa shape index (κ2) is 6.53. The number of hydrogen-bond donors (Lipinski definition) is 2. The van der Waals surface area contributed by atoms with Gasteiger partial charge in [-0.05, 0) is 26.8 Å². The van der Waals surface area contributed by atoms with E-state index in [0.717, 1.165) is 4.31 Å². The fourth-order valence-corrected chi connectivity index (χ4v) is 2.60. The zero-order valence-electron chi connectivity index (χ0n) is 9.79. The minimum atomic E-state index is -4.57. The summed E-state index contributed by atoms with van der Waals surface area (Å²) in [6, 6.07) is -0.424. The average molecular weight is 277 g/mol. The normalized spacial score (nSPS) is 13.6. The molecule has 0 rings (SSSR count). The maximum atomic E-state index is 11.9. The third-order valence-electron chi connectivity index (χ3n) is 1.92. The molecule has 0 unspecified atom stereocenters. The molecule has 0 heterocycles. The molecule has 0 radical (unpaired) electrons. The molecule has 0 saturated heterocycles. The standard InChI is InChI=1S/C8H18F3N3O2S/c1-7(2)14(5-3-4-12)17(15,16)13-6-8(9,10)11/h7,13H,3-6,12H2,1-2H3. The van der Waals surface area contributed by atoms with Gasteiger partial charge in [-0.15, -0.1) is 0 Å². The lowest BCUT2D eigenvalue weighted by Crippen LogP contribution is -2.47. The van der Waals surface area contributed by atoms with Crippen molar-refractivity contribution in [1.29, 1.82) is 0 Å². The van der Waals surface area contributed by atoms with Gasteiger partial charge in [0.2, 0.25) is 0 Å². The smallest absolute Gasteiger partial charge is 0.330 e. The summed E-state index contributed by atoms with van der Waals surface area (Å²) in [7, 11) is -4.12. The van der Waals surface area contributed by atoms with Crippen LogP contribution in [0, 0.1) is 0 Å². The second-order valence-electron chi connectivity index (χ2n) is 3.79. The fourth-order valence-electron chi connectivity index (χ4n) is 1.16. The van der Waals surface area contributed by atoms with Crippen molar-refractivity contribution in [3.05, 3.63) is 0 Å². The summed E-state index contributed by atoms with van der Waals surface area (Å²) in [5.41, 5.74) is 5.24. The number of nitrogens with zero attached hydrogens (tertiary/aromatic N) is 1. The predicted octanol–water partition coefficient (Wildman–Crippen LogP) is 0.442. The fraction of sp³-hybridized carbons (Fsp3) is 1.00. The molecule has 104 valence electrons. The van der Waals surface area contributed by atoms with E-state index in [1.165, 1.54) is 4.72 Å². The van der Waals surface area contributed by atoms with E-state index < -0.39 is 29.0 Å². The molecule has 3 N–H and O–H groups in total. The summed E-state index contributed by atoms with van der Waals surface area (Å²) in [5.74, 6) is 0. The number of nitrogens with one attached hydrogen (secondary N) is 1. The molecule has 0 spiro atoms. The Morgan fingerprint density at radius 1 is 1.35 bits per heavy atom. The number of alkyl halides is 3. The van der Waals surface area contributed by atoms with E-state index in [1.54, 1.807) is 13.8 Å². The molecule has 0 aliphatic heterocycles. The van der Waals surface area contributed by atoms with Crippen LogP contribution in [0.4, 0.5) is 13.2 Å². The summed E-state index contributed by atoms with van der Waals surface area (Å²) >= 11 is 0. The summed E-state index contributed by atoms with van der Waals surface area (Å²) in [6.45, 7) is 1.98. The van der Waals surface area contributed by atoms with Gasteiger partial charge in [-0.25, -0.2) is 0 Å². The molecular formula is C8H18F3N3O2S. The Kier molecular flexibility index (Phi) is 6.38. The van der Waals surface area contributed by atoms with Crippen LogP contribution in [0.3, 0.4) is 0 Å². The van der Waals surface area contributed by atoms with E-state index in [2.05, 4.69) is 0 Å². The van der Waals surface area contributed by atoms with Crippen LogP contribution < -0.4 is 10.5 Å². The zero-order chi connectivity index (χ0) is 13.7. The van der Waals surface area contributed by atoms with Gasteiger partial charge in [0.15, 0.2) is 0 Å². The lowest BCUT2D eigenvalue weighted by atomic mass is 10.3. The van der Waals surface area contributed by atoms with Gasteiger partial charge >= 0.3 is 6.18 Å². The van der Waals surface area contributed by atoms with Crippen molar-refractivity contribution >= 4 is 10.2 Å². The van der Waals surface area contributed by atoms with Gasteiger partial charge in [0.05, 0.1) is 0 Å². The maximum absolute atomic E-state index is 11.9. The summed E-state index contributed by atoms with van der Waals surface area (Å²) < 4.78 is 61.5. The first-order valence-corrected chi connectivity index (χ1v) is 6.57. The van der Waals surface area contributed by atoms with Crippen LogP contribution in [0.2, 0.25) is 0 Å². The van der Waals surface area contributed by atoms with Crippen LogP contribution in [0.1, 0.15) is 20.3 Å². The second-order valence-corrected chi connectivity index (χ2v) is 5.50. The highest BCUT2D eigenvalue weighted by molar-refractivity contribution is 7.87. The third-order valence-corrected chi connectivity index (χ3v) is 3.65. The van der Waals surface area contributed by atoms with E-state index in [9.17, 15) is 21.6 Å². The van der Waals surface area contributed by atoms with Crippen LogP contribution in [-0.2, 0) is 10.2 Å². The highest BCUT2D eigenvalue weighted by Gasteiger charge is 2.32. The maximum Gasteiger partial charge on any atom is 0.402 e. The van der Waals surface area contributed by atoms with Gasteiger partial charge in [-0.1, -0.05) is 0 Å². The number of halogens is 3. The Morgan fingerprint density at radius 3 is 2.24 bits per heavy atom. The largest absolute Gasteiger partial charge is 0.402 e. The van der Waals surface area contributed by atoms with Crippen LogP contribution >= 0.6 is 0 Å². The number of nitrogens with two attached hydrogens (primary N) is 1. The van der Waals surface area contributed by atoms with Crippen molar-refractivity contribution in [3.8, 4) is 0 Å². The van der Waals surface area contributed by atoms with E-state index in [-0.39, 0.29) is 13.1 Å². The van der Waals surface area contributed by atoms with Crippen molar-refractivity contribution < 1.29 is 21.6 Å². The molecule has 0 fully saturated rings. The van der Waals surface area contributed by atoms with Crippen molar-refractivity contribution in [2.45, 2.75) is 32.5 Å². The molecule has 9 heteroatoms. The monoisotopic (exact) mass is 277 g/mol. The first-order valence-electron chi connectivity index (χ1n) is 5.13. The van der Waals surface area contributed by atoms with Crippen molar-refractivity contribution in [2.24, 2.45) is 5.73 Å². The summed E-state index contributed by atoms with van der Waals surface area (Å²) in [4.78, 5) is 0. The van der Waals surface area contributed by atoms with Gasteiger partial charge in [-0.2, -0.15) is 30.6 Å². The van der Waals surface area contributed by atoms with Crippen LogP contribution in [0.5, 0.6) is 0 Å². The molecule has 0 amide bonds. The predicted molar refractivity (Wildman–Crippen MR) is 58.5 cm³/mol. The molecule has 0 aliphatic rings. The van der Waals surface area contributed by atoms with E-state index >= 15 is 0 Å². The van der Waals surface area contributed by atoms with Gasteiger partial charge in [0, 0.05) is 12.6 Å². The van der Waals surface area contributed by atoms with Crippen LogP contribution in [0.25, 0.3) is 0 Å². The molecule has 17 heavy (non-hydrogen) atoms. The molecule has 0 bridgehead atoms. The van der Waals surface area contributed by atoms with Gasteiger partial charge < -0.3 is 5.73 Å². The first-order chi connectivity index (χ1) is 7.60. The van der Waals surface area contributed by atoms with Crippen molar-refractivity contribution in [1.82, 2.24) is 9.03 Å². The average Bonchev–Trinajstić information content (AvgIpc) is 2.14. The molecule has 0 atom stereocenters. The Balaban J connectivity index is 4.61. The molecule has 0 aromatic rings. The molecule has 5 nitrogen and oxygen atoms in total. The third kappa shape index (κ3) is 6.81. The van der Waals surface area contributed by atoms with E-state index in [0.29, 0.717) is 6.42 Å². The molecule has 0 aliphatic carbocycles. The lowest BCUT2D eigenvalue weighted by Gasteiger charge is -2.26. The van der Waals surface area contributed by atoms with Gasteiger partial charge in [0.1, 0.15) is 6.54 Å². The first kappa shape index (κ1) is 16.6. The Bertz CT molecular complexity index is 316. The SMILES string of the molecule is CC(C)N(CCCN)S(=O)(=O)NCC(F)(F)F. The Hall–Kier alpha value is -0.380. The van der Waals surface area contributed by atoms with Crippen molar-refractivity contribution in [3.63, 3.8) is 0 Å². The highest BCUT2D eigenvalue weighted by Crippen LogP contribution is 2.14. The molecular weight excluding hydrogens is 259 g/mol. The lowest BCUT2D eigenvalue weighted by molar-refractivity contribution is -0.121. The molecule has 0 saturated carbocycles.